The Balaban J connectivity index is 1.70. The van der Waals surface area contributed by atoms with Crippen LogP contribution in [-0.4, -0.2) is 36.3 Å². The third-order valence-electron chi connectivity index (χ3n) is 6.78. The van der Waals surface area contributed by atoms with Crippen LogP contribution >= 0.6 is 0 Å². The number of carbonyl (C=O) groups excluding carboxylic acids is 3. The number of para-hydroxylation sites is 2. The van der Waals surface area contributed by atoms with Gasteiger partial charge < -0.3 is 14.3 Å². The molecule has 206 valence electrons. The molecule has 1 amide bonds. The molecule has 0 radical (unpaired) electrons. The number of amides is 1. The quantitative estimate of drug-likeness (QED) is 0.0505. The van der Waals surface area contributed by atoms with Crippen LogP contribution in [0.3, 0.4) is 0 Å². The number of hydrogen-bond acceptors (Lipinski definition) is 8. The minimum absolute atomic E-state index is 0.134. The summed E-state index contributed by atoms with van der Waals surface area (Å²) in [6.07, 6.45) is 6.54. The second-order valence-corrected chi connectivity index (χ2v) is 9.65. The number of oxime groups is 1. The van der Waals surface area contributed by atoms with E-state index in [1.54, 1.807) is 43.3 Å². The summed E-state index contributed by atoms with van der Waals surface area (Å²) in [5, 5.41) is 7.59. The van der Waals surface area contributed by atoms with Gasteiger partial charge in [-0.1, -0.05) is 68.6 Å². The van der Waals surface area contributed by atoms with Crippen molar-refractivity contribution in [3.05, 3.63) is 71.3 Å². The number of anilines is 1. The van der Waals surface area contributed by atoms with Crippen LogP contribution in [0.15, 0.2) is 65.3 Å². The SMILES string of the molecule is CCCCCCNC(CC)O/N=C(C)/C=C1\C(=O)N(c2ccccc2C)C12OC(=O)C(=O)Oc1ccccc12. The van der Waals surface area contributed by atoms with E-state index in [9.17, 15) is 14.4 Å². The van der Waals surface area contributed by atoms with Crippen molar-refractivity contribution in [1.82, 2.24) is 5.32 Å². The number of esters is 2. The molecule has 1 N–H and O–H groups in total. The lowest BCUT2D eigenvalue weighted by Crippen LogP contribution is -2.66. The number of allylic oxidation sites excluding steroid dienone is 1. The summed E-state index contributed by atoms with van der Waals surface area (Å²) < 4.78 is 11.1. The summed E-state index contributed by atoms with van der Waals surface area (Å²) in [5.41, 5.74) is 0.502. The van der Waals surface area contributed by atoms with E-state index in [4.69, 9.17) is 14.3 Å². The van der Waals surface area contributed by atoms with E-state index in [0.717, 1.165) is 24.9 Å². The summed E-state index contributed by atoms with van der Waals surface area (Å²) >= 11 is 0. The number of ether oxygens (including phenoxy) is 2. The van der Waals surface area contributed by atoms with E-state index in [2.05, 4.69) is 17.4 Å². The molecule has 0 aliphatic carbocycles. The molecule has 2 atom stereocenters. The first kappa shape index (κ1) is 28.0. The number of β-lactam (4-membered cyclic amide) rings is 1. The monoisotopic (exact) mass is 533 g/mol. The van der Waals surface area contributed by atoms with Crippen LogP contribution in [0.5, 0.6) is 5.75 Å². The number of aryl methyl sites for hydroxylation is 1. The van der Waals surface area contributed by atoms with Gasteiger partial charge in [0.15, 0.2) is 6.23 Å². The first-order chi connectivity index (χ1) is 18.8. The highest BCUT2D eigenvalue weighted by atomic mass is 16.6. The molecule has 0 aromatic heterocycles. The molecule has 2 unspecified atom stereocenters. The van der Waals surface area contributed by atoms with Crippen molar-refractivity contribution in [2.24, 2.45) is 5.16 Å². The Morgan fingerprint density at radius 2 is 1.79 bits per heavy atom. The maximum Gasteiger partial charge on any atom is 0.422 e. The number of rotatable bonds is 11. The third-order valence-corrected chi connectivity index (χ3v) is 6.78. The number of carbonyl (C=O) groups is 3. The molecule has 4 rings (SSSR count). The largest absolute Gasteiger partial charge is 0.422 e. The summed E-state index contributed by atoms with van der Waals surface area (Å²) in [5.74, 6) is -2.62. The first-order valence-electron chi connectivity index (χ1n) is 13.4. The lowest BCUT2D eigenvalue weighted by molar-refractivity contribution is -0.173. The van der Waals surface area contributed by atoms with Gasteiger partial charge in [-0.2, -0.15) is 0 Å². The van der Waals surface area contributed by atoms with Gasteiger partial charge in [-0.05, 0) is 63.1 Å². The maximum absolute atomic E-state index is 13.7. The van der Waals surface area contributed by atoms with Crippen LogP contribution < -0.4 is 15.0 Å². The summed E-state index contributed by atoms with van der Waals surface area (Å²) in [7, 11) is 0. The molecule has 9 nitrogen and oxygen atoms in total. The second-order valence-electron chi connectivity index (χ2n) is 9.65. The average Bonchev–Trinajstić information content (AvgIpc) is 3.05. The van der Waals surface area contributed by atoms with Crippen molar-refractivity contribution in [2.45, 2.75) is 71.8 Å². The zero-order valence-corrected chi connectivity index (χ0v) is 22.9. The van der Waals surface area contributed by atoms with Crippen molar-refractivity contribution in [3.63, 3.8) is 0 Å². The maximum atomic E-state index is 13.7. The minimum Gasteiger partial charge on any atom is -0.421 e. The fourth-order valence-electron chi connectivity index (χ4n) is 4.76. The summed E-state index contributed by atoms with van der Waals surface area (Å²) in [6, 6.07) is 13.9. The third kappa shape index (κ3) is 5.59. The highest BCUT2D eigenvalue weighted by molar-refractivity contribution is 6.32. The van der Waals surface area contributed by atoms with Gasteiger partial charge in [-0.15, -0.1) is 0 Å². The van der Waals surface area contributed by atoms with Crippen LogP contribution in [0, 0.1) is 6.92 Å². The topological polar surface area (TPSA) is 107 Å². The van der Waals surface area contributed by atoms with Crippen molar-refractivity contribution >= 4 is 29.2 Å². The normalized spacial score (nSPS) is 20.7. The van der Waals surface area contributed by atoms with Gasteiger partial charge in [-0.25, -0.2) is 9.59 Å². The van der Waals surface area contributed by atoms with Gasteiger partial charge in [0.1, 0.15) is 5.75 Å². The Bertz CT molecular complexity index is 1300. The van der Waals surface area contributed by atoms with E-state index in [0.29, 0.717) is 23.4 Å². The molecular formula is C30H35N3O6. The Morgan fingerprint density at radius 3 is 2.54 bits per heavy atom. The predicted octanol–water partition coefficient (Wildman–Crippen LogP) is 4.88. The van der Waals surface area contributed by atoms with Crippen LogP contribution in [0.4, 0.5) is 5.69 Å². The van der Waals surface area contributed by atoms with Crippen LogP contribution in [0.2, 0.25) is 0 Å². The Labute approximate surface area is 228 Å². The zero-order chi connectivity index (χ0) is 28.0. The van der Waals surface area contributed by atoms with Crippen molar-refractivity contribution in [3.8, 4) is 5.75 Å². The van der Waals surface area contributed by atoms with Crippen LogP contribution in [-0.2, 0) is 29.7 Å². The van der Waals surface area contributed by atoms with E-state index in [-0.39, 0.29) is 17.6 Å². The Hall–Kier alpha value is -3.98. The van der Waals surface area contributed by atoms with Gasteiger partial charge in [0.2, 0.25) is 0 Å². The highest BCUT2D eigenvalue weighted by Gasteiger charge is 2.64. The van der Waals surface area contributed by atoms with Crippen LogP contribution in [0.25, 0.3) is 0 Å². The van der Waals surface area contributed by atoms with Crippen molar-refractivity contribution in [1.29, 1.82) is 0 Å². The fraction of sp³-hybridized carbons (Fsp3) is 0.400. The van der Waals surface area contributed by atoms with Gasteiger partial charge in [0.05, 0.1) is 22.5 Å². The standard InChI is InChI=1S/C30H35N3O6/c1-5-7-8-13-18-31-26(6-2)39-32-21(4)19-23-27(34)33(24-16-11-9-14-20(24)3)30(23)22-15-10-12-17-25(22)37-28(35)29(36)38-30/h9-12,14-17,19,26,31H,5-8,13,18H2,1-4H3/b23-19+,32-21+. The molecule has 2 aromatic rings. The number of hydrogen-bond donors (Lipinski definition) is 1. The predicted molar refractivity (Wildman–Crippen MR) is 147 cm³/mol. The number of nitrogens with zero attached hydrogens (tertiary/aromatic N) is 2. The Morgan fingerprint density at radius 1 is 1.05 bits per heavy atom. The van der Waals surface area contributed by atoms with E-state index in [1.165, 1.54) is 23.8 Å². The van der Waals surface area contributed by atoms with Crippen molar-refractivity contribution in [2.75, 3.05) is 11.4 Å². The van der Waals surface area contributed by atoms with Gasteiger partial charge in [0.25, 0.3) is 11.6 Å². The van der Waals surface area contributed by atoms with E-state index in [1.807, 2.05) is 26.0 Å². The molecule has 2 aliphatic rings. The highest BCUT2D eigenvalue weighted by Crippen LogP contribution is 2.53. The first-order valence-corrected chi connectivity index (χ1v) is 13.4. The lowest BCUT2D eigenvalue weighted by Gasteiger charge is -2.51. The Kier molecular flexibility index (Phi) is 8.81. The molecule has 1 spiro atoms. The molecule has 39 heavy (non-hydrogen) atoms. The lowest BCUT2D eigenvalue weighted by atomic mass is 9.81. The molecule has 9 heteroatoms. The van der Waals surface area contributed by atoms with Gasteiger partial charge >= 0.3 is 11.9 Å². The molecular weight excluding hydrogens is 498 g/mol. The molecule has 0 bridgehead atoms. The molecule has 1 fully saturated rings. The van der Waals surface area contributed by atoms with Crippen LogP contribution in [0.1, 0.15) is 64.0 Å². The summed E-state index contributed by atoms with van der Waals surface area (Å²) in [6.45, 7) is 8.54. The van der Waals surface area contributed by atoms with Gasteiger partial charge in [-0.3, -0.25) is 15.0 Å². The minimum atomic E-state index is -1.72. The number of benzene rings is 2. The van der Waals surface area contributed by atoms with E-state index >= 15 is 0 Å². The molecule has 2 heterocycles. The smallest absolute Gasteiger partial charge is 0.421 e. The fourth-order valence-corrected chi connectivity index (χ4v) is 4.76. The zero-order valence-electron chi connectivity index (χ0n) is 22.9. The number of nitrogens with one attached hydrogen (secondary N) is 1. The molecule has 1 saturated heterocycles. The second kappa shape index (κ2) is 12.3. The molecule has 0 saturated carbocycles. The average molecular weight is 534 g/mol. The van der Waals surface area contributed by atoms with Gasteiger partial charge in [0, 0.05) is 0 Å². The number of fused-ring (bicyclic) bond motifs is 2. The molecule has 2 aromatic carbocycles. The summed E-state index contributed by atoms with van der Waals surface area (Å²) in [4.78, 5) is 46.0. The molecule has 2 aliphatic heterocycles. The van der Waals surface area contributed by atoms with Crippen molar-refractivity contribution < 1.29 is 28.7 Å². The number of unbranched alkanes of at least 4 members (excludes halogenated alkanes) is 3. The van der Waals surface area contributed by atoms with E-state index < -0.39 is 23.6 Å².